The number of piperazine rings is 1. The zero-order valence-electron chi connectivity index (χ0n) is 11.1. The average molecular weight is 266 g/mol. The highest BCUT2D eigenvalue weighted by atomic mass is 16.4. The molecule has 1 aromatic rings. The Kier molecular flexibility index (Phi) is 3.90. The van der Waals surface area contributed by atoms with Crippen LogP contribution in [0.4, 0.5) is 0 Å². The third kappa shape index (κ3) is 2.96. The number of aliphatic carboxylic acids is 1. The summed E-state index contributed by atoms with van der Waals surface area (Å²) in [5, 5.41) is 8.98. The van der Waals surface area contributed by atoms with Crippen molar-refractivity contribution >= 4 is 11.9 Å². The van der Waals surface area contributed by atoms with Gasteiger partial charge in [0.1, 0.15) is 11.8 Å². The summed E-state index contributed by atoms with van der Waals surface area (Å²) in [5.41, 5.74) is 0. The Hall–Kier alpha value is -1.82. The maximum absolute atomic E-state index is 12.1. The molecule has 2 unspecified atom stereocenters. The number of rotatable bonds is 4. The number of likely N-dealkylation sites (N-methyl/N-ethyl adjacent to an activating group) is 1. The molecule has 1 aliphatic heterocycles. The minimum Gasteiger partial charge on any atom is -0.481 e. The zero-order valence-corrected chi connectivity index (χ0v) is 11.1. The predicted octanol–water partition coefficient (Wildman–Crippen LogP) is 0.785. The van der Waals surface area contributed by atoms with Crippen molar-refractivity contribution in [2.45, 2.75) is 32.0 Å². The molecule has 1 amide bonds. The first-order valence-corrected chi connectivity index (χ1v) is 6.24. The van der Waals surface area contributed by atoms with E-state index in [0.717, 1.165) is 5.76 Å². The highest BCUT2D eigenvalue weighted by molar-refractivity contribution is 5.86. The number of amides is 1. The number of furan rings is 1. The van der Waals surface area contributed by atoms with Gasteiger partial charge in [0, 0.05) is 19.6 Å². The van der Waals surface area contributed by atoms with Crippen molar-refractivity contribution in [1.82, 2.24) is 9.80 Å². The van der Waals surface area contributed by atoms with E-state index in [0.29, 0.717) is 13.1 Å². The van der Waals surface area contributed by atoms with Gasteiger partial charge in [-0.1, -0.05) is 0 Å². The predicted molar refractivity (Wildman–Crippen MR) is 67.4 cm³/mol. The monoisotopic (exact) mass is 266 g/mol. The molecule has 19 heavy (non-hydrogen) atoms. The lowest BCUT2D eigenvalue weighted by molar-refractivity contribution is -0.151. The molecule has 0 radical (unpaired) electrons. The van der Waals surface area contributed by atoms with Crippen LogP contribution in [0.5, 0.6) is 0 Å². The molecule has 0 aromatic carbocycles. The van der Waals surface area contributed by atoms with Gasteiger partial charge in [0.25, 0.3) is 0 Å². The number of carboxylic acids is 1. The van der Waals surface area contributed by atoms with Crippen LogP contribution in [0.1, 0.15) is 19.1 Å². The molecule has 1 N–H and O–H groups in total. The van der Waals surface area contributed by atoms with Gasteiger partial charge in [-0.2, -0.15) is 0 Å². The van der Waals surface area contributed by atoms with Crippen LogP contribution in [0.15, 0.2) is 22.8 Å². The SMILES string of the molecule is CC1CN(C)C(=O)C(CC(=O)O)N1Cc1ccco1. The summed E-state index contributed by atoms with van der Waals surface area (Å²) in [6, 6.07) is 3.07. The summed E-state index contributed by atoms with van der Waals surface area (Å²) in [6.45, 7) is 3.03. The fourth-order valence-corrected chi connectivity index (χ4v) is 2.51. The van der Waals surface area contributed by atoms with Crippen LogP contribution in [-0.4, -0.2) is 52.5 Å². The molecule has 2 heterocycles. The number of hydrogen-bond acceptors (Lipinski definition) is 4. The molecule has 2 rings (SSSR count). The Bertz CT molecular complexity index is 457. The Morgan fingerprint density at radius 1 is 1.58 bits per heavy atom. The molecule has 104 valence electrons. The minimum atomic E-state index is -0.967. The minimum absolute atomic E-state index is 0.0946. The van der Waals surface area contributed by atoms with Crippen molar-refractivity contribution in [3.05, 3.63) is 24.2 Å². The molecule has 1 aromatic heterocycles. The van der Waals surface area contributed by atoms with Crippen molar-refractivity contribution in [3.8, 4) is 0 Å². The van der Waals surface area contributed by atoms with E-state index < -0.39 is 12.0 Å². The Morgan fingerprint density at radius 3 is 2.89 bits per heavy atom. The number of carbonyl (C=O) groups is 2. The van der Waals surface area contributed by atoms with Crippen LogP contribution in [-0.2, 0) is 16.1 Å². The van der Waals surface area contributed by atoms with Crippen LogP contribution >= 0.6 is 0 Å². The van der Waals surface area contributed by atoms with Crippen molar-refractivity contribution in [3.63, 3.8) is 0 Å². The molecule has 6 nitrogen and oxygen atoms in total. The molecule has 0 aliphatic carbocycles. The number of hydrogen-bond donors (Lipinski definition) is 1. The maximum Gasteiger partial charge on any atom is 0.305 e. The lowest BCUT2D eigenvalue weighted by Crippen LogP contribution is -2.59. The summed E-state index contributed by atoms with van der Waals surface area (Å²) in [7, 11) is 1.71. The average Bonchev–Trinajstić information content (AvgIpc) is 2.83. The molecule has 1 saturated heterocycles. The second kappa shape index (κ2) is 5.44. The van der Waals surface area contributed by atoms with Gasteiger partial charge in [0.15, 0.2) is 0 Å². The molecule has 2 atom stereocenters. The fraction of sp³-hybridized carbons (Fsp3) is 0.538. The van der Waals surface area contributed by atoms with Gasteiger partial charge in [-0.3, -0.25) is 14.5 Å². The maximum atomic E-state index is 12.1. The van der Waals surface area contributed by atoms with Gasteiger partial charge in [0.2, 0.25) is 5.91 Å². The molecule has 0 spiro atoms. The normalized spacial score (nSPS) is 24.7. The molecule has 0 saturated carbocycles. The van der Waals surface area contributed by atoms with E-state index >= 15 is 0 Å². The number of carbonyl (C=O) groups excluding carboxylic acids is 1. The first-order chi connectivity index (χ1) is 8.99. The van der Waals surface area contributed by atoms with Crippen LogP contribution < -0.4 is 0 Å². The van der Waals surface area contributed by atoms with Crippen LogP contribution in [0.25, 0.3) is 0 Å². The second-order valence-corrected chi connectivity index (χ2v) is 4.93. The first kappa shape index (κ1) is 13.6. The van der Waals surface area contributed by atoms with Crippen LogP contribution in [0, 0.1) is 0 Å². The zero-order chi connectivity index (χ0) is 14.0. The largest absolute Gasteiger partial charge is 0.481 e. The van der Waals surface area contributed by atoms with E-state index in [1.54, 1.807) is 24.3 Å². The van der Waals surface area contributed by atoms with Crippen molar-refractivity contribution in [2.75, 3.05) is 13.6 Å². The molecule has 1 aliphatic rings. The second-order valence-electron chi connectivity index (χ2n) is 4.93. The van der Waals surface area contributed by atoms with E-state index in [4.69, 9.17) is 9.52 Å². The summed E-state index contributed by atoms with van der Waals surface area (Å²) in [4.78, 5) is 26.6. The van der Waals surface area contributed by atoms with Crippen LogP contribution in [0.2, 0.25) is 0 Å². The van der Waals surface area contributed by atoms with Gasteiger partial charge in [-0.15, -0.1) is 0 Å². The van der Waals surface area contributed by atoms with Gasteiger partial charge in [-0.05, 0) is 19.1 Å². The Balaban J connectivity index is 2.19. The Morgan fingerprint density at radius 2 is 2.32 bits per heavy atom. The molecule has 6 heteroatoms. The van der Waals surface area contributed by atoms with E-state index in [-0.39, 0.29) is 18.4 Å². The smallest absolute Gasteiger partial charge is 0.305 e. The molecule has 1 fully saturated rings. The lowest BCUT2D eigenvalue weighted by atomic mass is 10.0. The van der Waals surface area contributed by atoms with Gasteiger partial charge >= 0.3 is 5.97 Å². The highest BCUT2D eigenvalue weighted by Crippen LogP contribution is 2.21. The summed E-state index contributed by atoms with van der Waals surface area (Å²) >= 11 is 0. The van der Waals surface area contributed by atoms with Crippen molar-refractivity contribution < 1.29 is 19.1 Å². The fourth-order valence-electron chi connectivity index (χ4n) is 2.51. The van der Waals surface area contributed by atoms with E-state index in [1.807, 2.05) is 17.9 Å². The summed E-state index contributed by atoms with van der Waals surface area (Å²) in [6.07, 6.45) is 1.39. The molecular formula is C13H18N2O4. The molecular weight excluding hydrogens is 248 g/mol. The highest BCUT2D eigenvalue weighted by Gasteiger charge is 2.38. The first-order valence-electron chi connectivity index (χ1n) is 6.24. The van der Waals surface area contributed by atoms with Crippen molar-refractivity contribution in [1.29, 1.82) is 0 Å². The lowest BCUT2D eigenvalue weighted by Gasteiger charge is -2.42. The van der Waals surface area contributed by atoms with Gasteiger partial charge in [0.05, 0.1) is 19.2 Å². The van der Waals surface area contributed by atoms with E-state index in [9.17, 15) is 9.59 Å². The Labute approximate surface area is 111 Å². The van der Waals surface area contributed by atoms with E-state index in [1.165, 1.54) is 0 Å². The van der Waals surface area contributed by atoms with Gasteiger partial charge < -0.3 is 14.4 Å². The third-order valence-corrected chi connectivity index (χ3v) is 3.45. The number of nitrogens with zero attached hydrogens (tertiary/aromatic N) is 2. The molecule has 0 bridgehead atoms. The van der Waals surface area contributed by atoms with E-state index in [2.05, 4.69) is 0 Å². The van der Waals surface area contributed by atoms with Crippen LogP contribution in [0.3, 0.4) is 0 Å². The van der Waals surface area contributed by atoms with Gasteiger partial charge in [-0.25, -0.2) is 0 Å². The number of carboxylic acid groups (broad SMARTS) is 1. The van der Waals surface area contributed by atoms with Crippen molar-refractivity contribution in [2.24, 2.45) is 0 Å². The summed E-state index contributed by atoms with van der Waals surface area (Å²) < 4.78 is 5.29. The summed E-state index contributed by atoms with van der Waals surface area (Å²) in [5.74, 6) is -0.378. The standard InChI is InChI=1S/C13H18N2O4/c1-9-7-14(2)13(18)11(6-12(16)17)15(9)8-10-4-3-5-19-10/h3-5,9,11H,6-8H2,1-2H3,(H,16,17). The third-order valence-electron chi connectivity index (χ3n) is 3.45. The topological polar surface area (TPSA) is 74.0 Å². The quantitative estimate of drug-likeness (QED) is 0.872.